The summed E-state index contributed by atoms with van der Waals surface area (Å²) >= 11 is 0. The first-order valence-electron chi connectivity index (χ1n) is 9.12. The van der Waals surface area contributed by atoms with Gasteiger partial charge in [-0.05, 0) is 30.3 Å². The van der Waals surface area contributed by atoms with Crippen LogP contribution in [0.25, 0.3) is 11.3 Å². The molecular formula is C20H26N6O2. The molecule has 148 valence electrons. The summed E-state index contributed by atoms with van der Waals surface area (Å²) in [7, 11) is 1.77. The number of nitrogens with two attached hydrogens (primary N) is 1. The van der Waals surface area contributed by atoms with E-state index < -0.39 is 0 Å². The van der Waals surface area contributed by atoms with E-state index in [0.717, 1.165) is 17.0 Å². The SMILES string of the molecule is Cn1nc(C(C)(C)C)cc1C(=O)Nc1ccc(OCCN)c(-c2ccn[nH]2)c1. The van der Waals surface area contributed by atoms with Gasteiger partial charge in [0.15, 0.2) is 0 Å². The molecule has 8 nitrogen and oxygen atoms in total. The normalized spacial score (nSPS) is 11.5. The van der Waals surface area contributed by atoms with Gasteiger partial charge in [-0.15, -0.1) is 0 Å². The minimum Gasteiger partial charge on any atom is -0.492 e. The van der Waals surface area contributed by atoms with Crippen LogP contribution in [0.15, 0.2) is 36.5 Å². The van der Waals surface area contributed by atoms with Crippen LogP contribution in [0.5, 0.6) is 5.75 Å². The third kappa shape index (κ3) is 4.23. The molecule has 28 heavy (non-hydrogen) atoms. The van der Waals surface area contributed by atoms with Crippen molar-refractivity contribution in [2.24, 2.45) is 12.8 Å². The predicted octanol–water partition coefficient (Wildman–Crippen LogP) is 2.70. The highest BCUT2D eigenvalue weighted by Gasteiger charge is 2.22. The first-order chi connectivity index (χ1) is 13.3. The molecular weight excluding hydrogens is 356 g/mol. The van der Waals surface area contributed by atoms with Crippen molar-refractivity contribution in [2.75, 3.05) is 18.5 Å². The van der Waals surface area contributed by atoms with Crippen molar-refractivity contribution in [3.8, 4) is 17.0 Å². The highest BCUT2D eigenvalue weighted by Crippen LogP contribution is 2.31. The minimum atomic E-state index is -0.225. The zero-order valence-electron chi connectivity index (χ0n) is 16.6. The third-order valence-corrected chi connectivity index (χ3v) is 4.28. The van der Waals surface area contributed by atoms with Crippen molar-refractivity contribution >= 4 is 11.6 Å². The van der Waals surface area contributed by atoms with Gasteiger partial charge < -0.3 is 15.8 Å². The van der Waals surface area contributed by atoms with Crippen LogP contribution in [0.2, 0.25) is 0 Å². The largest absolute Gasteiger partial charge is 0.492 e. The van der Waals surface area contributed by atoms with Crippen molar-refractivity contribution < 1.29 is 9.53 Å². The minimum absolute atomic E-state index is 0.133. The Bertz CT molecular complexity index is 954. The summed E-state index contributed by atoms with van der Waals surface area (Å²) in [5.74, 6) is 0.444. The summed E-state index contributed by atoms with van der Waals surface area (Å²) in [6.45, 7) is 7.00. The number of rotatable bonds is 6. The van der Waals surface area contributed by atoms with E-state index >= 15 is 0 Å². The summed E-state index contributed by atoms with van der Waals surface area (Å²) in [6, 6.07) is 9.12. The van der Waals surface area contributed by atoms with Gasteiger partial charge in [-0.3, -0.25) is 14.6 Å². The Hall–Kier alpha value is -3.13. The monoisotopic (exact) mass is 382 g/mol. The molecule has 0 unspecified atom stereocenters. The van der Waals surface area contributed by atoms with Gasteiger partial charge in [-0.1, -0.05) is 20.8 Å². The fourth-order valence-electron chi connectivity index (χ4n) is 2.76. The van der Waals surface area contributed by atoms with Crippen molar-refractivity contribution in [3.63, 3.8) is 0 Å². The molecule has 2 aromatic heterocycles. The summed E-state index contributed by atoms with van der Waals surface area (Å²) < 4.78 is 7.32. The molecule has 4 N–H and O–H groups in total. The molecule has 0 saturated carbocycles. The molecule has 0 atom stereocenters. The van der Waals surface area contributed by atoms with Gasteiger partial charge in [0.2, 0.25) is 0 Å². The number of benzene rings is 1. The number of ether oxygens (including phenoxy) is 1. The average molecular weight is 382 g/mol. The van der Waals surface area contributed by atoms with Crippen LogP contribution in [0, 0.1) is 0 Å². The Morgan fingerprint density at radius 1 is 1.29 bits per heavy atom. The zero-order valence-corrected chi connectivity index (χ0v) is 16.6. The van der Waals surface area contributed by atoms with E-state index in [-0.39, 0.29) is 11.3 Å². The van der Waals surface area contributed by atoms with Crippen molar-refractivity contribution in [3.05, 3.63) is 47.9 Å². The van der Waals surface area contributed by atoms with Crippen LogP contribution in [0.3, 0.4) is 0 Å². The van der Waals surface area contributed by atoms with Gasteiger partial charge in [-0.25, -0.2) is 0 Å². The standard InChI is InChI=1S/C20H26N6O2/c1-20(2,3)18-12-16(26(4)25-18)19(27)23-13-5-6-17(28-10-8-21)14(11-13)15-7-9-22-24-15/h5-7,9,11-12H,8,10,21H2,1-4H3,(H,22,24)(H,23,27). The van der Waals surface area contributed by atoms with Gasteiger partial charge >= 0.3 is 0 Å². The number of aromatic amines is 1. The molecule has 0 bridgehead atoms. The number of carbonyl (C=O) groups is 1. The second-order valence-corrected chi connectivity index (χ2v) is 7.56. The van der Waals surface area contributed by atoms with Crippen LogP contribution < -0.4 is 15.8 Å². The average Bonchev–Trinajstić information content (AvgIpc) is 3.29. The number of aryl methyl sites for hydroxylation is 1. The lowest BCUT2D eigenvalue weighted by atomic mass is 9.92. The fraction of sp³-hybridized carbons (Fsp3) is 0.350. The molecule has 0 aliphatic carbocycles. The molecule has 1 amide bonds. The van der Waals surface area contributed by atoms with Gasteiger partial charge in [0.05, 0.1) is 11.4 Å². The maximum atomic E-state index is 12.8. The molecule has 0 spiro atoms. The smallest absolute Gasteiger partial charge is 0.273 e. The second-order valence-electron chi connectivity index (χ2n) is 7.56. The number of nitrogens with zero attached hydrogens (tertiary/aromatic N) is 3. The highest BCUT2D eigenvalue weighted by molar-refractivity contribution is 6.03. The number of carbonyl (C=O) groups excluding carboxylic acids is 1. The number of anilines is 1. The van der Waals surface area contributed by atoms with Gasteiger partial charge in [-0.2, -0.15) is 10.2 Å². The molecule has 0 radical (unpaired) electrons. The van der Waals surface area contributed by atoms with Crippen LogP contribution >= 0.6 is 0 Å². The zero-order chi connectivity index (χ0) is 20.3. The Kier molecular flexibility index (Phi) is 5.51. The highest BCUT2D eigenvalue weighted by atomic mass is 16.5. The lowest BCUT2D eigenvalue weighted by Crippen LogP contribution is -2.16. The quantitative estimate of drug-likeness (QED) is 0.607. The van der Waals surface area contributed by atoms with Crippen LogP contribution in [-0.4, -0.2) is 39.0 Å². The number of nitrogens with one attached hydrogen (secondary N) is 2. The number of hydrogen-bond donors (Lipinski definition) is 3. The molecule has 1 aromatic carbocycles. The van der Waals surface area contributed by atoms with E-state index in [2.05, 4.69) is 41.4 Å². The van der Waals surface area contributed by atoms with Crippen molar-refractivity contribution in [1.82, 2.24) is 20.0 Å². The Morgan fingerprint density at radius 2 is 2.07 bits per heavy atom. The predicted molar refractivity (Wildman–Crippen MR) is 108 cm³/mol. The molecule has 0 saturated heterocycles. The van der Waals surface area contributed by atoms with E-state index in [1.54, 1.807) is 24.0 Å². The Labute approximate surface area is 164 Å². The molecule has 0 fully saturated rings. The van der Waals surface area contributed by atoms with Crippen molar-refractivity contribution in [1.29, 1.82) is 0 Å². The molecule has 8 heteroatoms. The first-order valence-corrected chi connectivity index (χ1v) is 9.12. The van der Waals surface area contributed by atoms with Gasteiger partial charge in [0, 0.05) is 36.5 Å². The van der Waals surface area contributed by atoms with E-state index in [4.69, 9.17) is 10.5 Å². The van der Waals surface area contributed by atoms with E-state index in [0.29, 0.717) is 30.3 Å². The van der Waals surface area contributed by atoms with Crippen LogP contribution in [0.1, 0.15) is 37.0 Å². The Morgan fingerprint density at radius 3 is 2.68 bits per heavy atom. The number of H-pyrrole nitrogens is 1. The lowest BCUT2D eigenvalue weighted by molar-refractivity contribution is 0.101. The summed E-state index contributed by atoms with van der Waals surface area (Å²) in [4.78, 5) is 12.8. The molecule has 0 aliphatic heterocycles. The second kappa shape index (κ2) is 7.85. The molecule has 0 aliphatic rings. The van der Waals surface area contributed by atoms with Gasteiger partial charge in [0.25, 0.3) is 5.91 Å². The van der Waals surface area contributed by atoms with E-state index in [1.807, 2.05) is 24.3 Å². The maximum absolute atomic E-state index is 12.8. The van der Waals surface area contributed by atoms with E-state index in [9.17, 15) is 4.79 Å². The van der Waals surface area contributed by atoms with Crippen LogP contribution in [-0.2, 0) is 12.5 Å². The number of amides is 1. The topological polar surface area (TPSA) is 111 Å². The third-order valence-electron chi connectivity index (χ3n) is 4.28. The Balaban J connectivity index is 1.87. The summed E-state index contributed by atoms with van der Waals surface area (Å²) in [5, 5.41) is 14.3. The molecule has 3 rings (SSSR count). The fourth-order valence-corrected chi connectivity index (χ4v) is 2.76. The maximum Gasteiger partial charge on any atom is 0.273 e. The van der Waals surface area contributed by atoms with E-state index in [1.165, 1.54) is 0 Å². The number of aromatic nitrogens is 4. The molecule has 2 heterocycles. The first kappa shape index (κ1) is 19.6. The van der Waals surface area contributed by atoms with Gasteiger partial charge in [0.1, 0.15) is 18.1 Å². The number of hydrogen-bond acceptors (Lipinski definition) is 5. The molecule has 3 aromatic rings. The lowest BCUT2D eigenvalue weighted by Gasteiger charge is -2.13. The summed E-state index contributed by atoms with van der Waals surface area (Å²) in [6.07, 6.45) is 1.66. The summed E-state index contributed by atoms with van der Waals surface area (Å²) in [5.41, 5.74) is 9.00. The van der Waals surface area contributed by atoms with Crippen molar-refractivity contribution in [2.45, 2.75) is 26.2 Å². The van der Waals surface area contributed by atoms with Crippen LogP contribution in [0.4, 0.5) is 5.69 Å².